The molecule has 0 spiro atoms. The second-order valence-corrected chi connectivity index (χ2v) is 6.27. The number of benzene rings is 1. The number of cyclic esters (lactones) is 1. The molecule has 0 fully saturated rings. The van der Waals surface area contributed by atoms with Gasteiger partial charge in [-0.25, -0.2) is 4.79 Å². The zero-order chi connectivity index (χ0) is 17.6. The Morgan fingerprint density at radius 2 is 1.79 bits per heavy atom. The van der Waals surface area contributed by atoms with Crippen molar-refractivity contribution in [2.24, 2.45) is 0 Å². The van der Waals surface area contributed by atoms with Crippen molar-refractivity contribution < 1.29 is 28.9 Å². The van der Waals surface area contributed by atoms with Crippen LogP contribution in [0.5, 0.6) is 17.2 Å². The number of nitrogens with one attached hydrogen (secondary N) is 1. The highest BCUT2D eigenvalue weighted by atomic mass is 16.6. The lowest BCUT2D eigenvalue weighted by Crippen LogP contribution is -2.38. The van der Waals surface area contributed by atoms with Gasteiger partial charge in [-0.2, -0.15) is 0 Å². The molecule has 24 heavy (non-hydrogen) atoms. The number of amides is 1. The van der Waals surface area contributed by atoms with E-state index < -0.39 is 17.5 Å². The summed E-state index contributed by atoms with van der Waals surface area (Å²) in [5.74, 6) is -0.854. The first-order valence-corrected chi connectivity index (χ1v) is 7.51. The van der Waals surface area contributed by atoms with E-state index in [0.29, 0.717) is 16.8 Å². The van der Waals surface area contributed by atoms with Crippen molar-refractivity contribution in [3.63, 3.8) is 0 Å². The van der Waals surface area contributed by atoms with Crippen LogP contribution in [0.3, 0.4) is 0 Å². The van der Waals surface area contributed by atoms with E-state index in [-0.39, 0.29) is 29.6 Å². The number of phenolic OH excluding ortho intramolecular Hbond substituents is 1. The third-order valence-electron chi connectivity index (χ3n) is 4.35. The van der Waals surface area contributed by atoms with Crippen LogP contribution in [0, 0.1) is 0 Å². The summed E-state index contributed by atoms with van der Waals surface area (Å²) in [6, 6.07) is 3.20. The Labute approximate surface area is 139 Å². The lowest BCUT2D eigenvalue weighted by molar-refractivity contribution is -0.144. The van der Waals surface area contributed by atoms with E-state index >= 15 is 0 Å². The molecule has 0 bridgehead atoms. The SMILES string of the molecule is COc1cc([C@@H]2CC(=O)NC3=C2C(=O)OC3(C)C)cc(OC)c1O. The minimum Gasteiger partial charge on any atom is -0.502 e. The first kappa shape index (κ1) is 16.2. The molecular formula is C17H19NO6. The molecule has 0 radical (unpaired) electrons. The molecule has 0 saturated heterocycles. The summed E-state index contributed by atoms with van der Waals surface area (Å²) in [5, 5.41) is 12.8. The Balaban J connectivity index is 2.17. The lowest BCUT2D eigenvalue weighted by Gasteiger charge is -2.27. The predicted octanol–water partition coefficient (Wildman–Crippen LogP) is 1.60. The van der Waals surface area contributed by atoms with Gasteiger partial charge in [-0.05, 0) is 31.5 Å². The Morgan fingerprint density at radius 1 is 1.21 bits per heavy atom. The van der Waals surface area contributed by atoms with Crippen molar-refractivity contribution in [2.45, 2.75) is 31.8 Å². The lowest BCUT2D eigenvalue weighted by atomic mass is 9.82. The van der Waals surface area contributed by atoms with Crippen LogP contribution >= 0.6 is 0 Å². The van der Waals surface area contributed by atoms with E-state index in [0.717, 1.165) is 0 Å². The molecule has 7 nitrogen and oxygen atoms in total. The maximum absolute atomic E-state index is 12.3. The van der Waals surface area contributed by atoms with E-state index in [1.54, 1.807) is 26.0 Å². The van der Waals surface area contributed by atoms with Crippen molar-refractivity contribution >= 4 is 11.9 Å². The summed E-state index contributed by atoms with van der Waals surface area (Å²) in [6.45, 7) is 3.46. The Morgan fingerprint density at radius 3 is 2.33 bits per heavy atom. The minimum atomic E-state index is -0.883. The molecule has 2 N–H and O–H groups in total. The number of aromatic hydroxyl groups is 1. The van der Waals surface area contributed by atoms with Crippen molar-refractivity contribution in [3.05, 3.63) is 29.0 Å². The van der Waals surface area contributed by atoms with Gasteiger partial charge in [-0.1, -0.05) is 0 Å². The minimum absolute atomic E-state index is 0.0983. The molecule has 1 atom stereocenters. The van der Waals surface area contributed by atoms with Crippen LogP contribution in [0.15, 0.2) is 23.4 Å². The standard InChI is InChI=1S/C17H19NO6/c1-17(2)15-13(16(21)24-17)9(7-12(19)18-15)8-5-10(22-3)14(20)11(6-8)23-4/h5-6,9,20H,7H2,1-4H3,(H,18,19)/t9-/m0/s1. The summed E-state index contributed by atoms with van der Waals surface area (Å²) in [5.41, 5.74) is 0.666. The predicted molar refractivity (Wildman–Crippen MR) is 83.9 cm³/mol. The van der Waals surface area contributed by atoms with Crippen LogP contribution in [0.1, 0.15) is 31.7 Å². The molecule has 0 unspecified atom stereocenters. The van der Waals surface area contributed by atoms with Gasteiger partial charge in [0, 0.05) is 12.3 Å². The molecule has 0 aliphatic carbocycles. The Bertz CT molecular complexity index is 739. The molecule has 2 heterocycles. The average Bonchev–Trinajstić information content (AvgIpc) is 2.76. The molecule has 7 heteroatoms. The summed E-state index contributed by atoms with van der Waals surface area (Å²) in [4.78, 5) is 24.5. The normalized spacial score (nSPS) is 21.9. The largest absolute Gasteiger partial charge is 0.502 e. The average molecular weight is 333 g/mol. The second kappa shape index (κ2) is 5.43. The van der Waals surface area contributed by atoms with E-state index in [1.165, 1.54) is 14.2 Å². The molecule has 1 aromatic rings. The van der Waals surface area contributed by atoms with Crippen LogP contribution in [-0.4, -0.2) is 36.8 Å². The molecule has 2 aliphatic rings. The van der Waals surface area contributed by atoms with Crippen LogP contribution in [-0.2, 0) is 14.3 Å². The first-order valence-electron chi connectivity index (χ1n) is 7.51. The molecule has 3 rings (SSSR count). The van der Waals surface area contributed by atoms with Crippen molar-refractivity contribution in [2.75, 3.05) is 14.2 Å². The summed E-state index contributed by atoms with van der Waals surface area (Å²) < 4.78 is 15.7. The molecular weight excluding hydrogens is 314 g/mol. The van der Waals surface area contributed by atoms with Gasteiger partial charge in [-0.15, -0.1) is 0 Å². The molecule has 0 aromatic heterocycles. The summed E-state index contributed by atoms with van der Waals surface area (Å²) in [7, 11) is 2.84. The molecule has 2 aliphatic heterocycles. The number of ether oxygens (including phenoxy) is 3. The molecule has 1 aromatic carbocycles. The highest BCUT2D eigenvalue weighted by Crippen LogP contribution is 2.46. The van der Waals surface area contributed by atoms with Gasteiger partial charge in [0.05, 0.1) is 25.5 Å². The van der Waals surface area contributed by atoms with Gasteiger partial charge >= 0.3 is 5.97 Å². The Kier molecular flexibility index (Phi) is 3.66. The number of hydrogen-bond acceptors (Lipinski definition) is 6. The number of phenols is 1. The number of esters is 1. The van der Waals surface area contributed by atoms with Gasteiger partial charge in [0.15, 0.2) is 11.5 Å². The van der Waals surface area contributed by atoms with Crippen molar-refractivity contribution in [1.82, 2.24) is 5.32 Å². The van der Waals surface area contributed by atoms with Gasteiger partial charge < -0.3 is 24.6 Å². The van der Waals surface area contributed by atoms with Gasteiger partial charge in [0.1, 0.15) is 5.60 Å². The topological polar surface area (TPSA) is 94.1 Å². The number of methoxy groups -OCH3 is 2. The second-order valence-electron chi connectivity index (χ2n) is 6.27. The van der Waals surface area contributed by atoms with Crippen molar-refractivity contribution in [1.29, 1.82) is 0 Å². The third-order valence-corrected chi connectivity index (χ3v) is 4.35. The number of rotatable bonds is 3. The molecule has 128 valence electrons. The monoisotopic (exact) mass is 333 g/mol. The first-order chi connectivity index (χ1) is 11.3. The highest BCUT2D eigenvalue weighted by Gasteiger charge is 2.47. The van der Waals surface area contributed by atoms with Gasteiger partial charge in [0.25, 0.3) is 0 Å². The maximum atomic E-state index is 12.3. The quantitative estimate of drug-likeness (QED) is 0.816. The summed E-state index contributed by atoms with van der Waals surface area (Å²) >= 11 is 0. The van der Waals surface area contributed by atoms with Crippen LogP contribution < -0.4 is 14.8 Å². The number of carbonyl (C=O) groups is 2. The van der Waals surface area contributed by atoms with E-state index in [1.807, 2.05) is 0 Å². The zero-order valence-electron chi connectivity index (χ0n) is 13.9. The van der Waals surface area contributed by atoms with Crippen LogP contribution in [0.2, 0.25) is 0 Å². The smallest absolute Gasteiger partial charge is 0.337 e. The fourth-order valence-corrected chi connectivity index (χ4v) is 3.18. The fraction of sp³-hybridized carbons (Fsp3) is 0.412. The molecule has 0 saturated carbocycles. The zero-order valence-corrected chi connectivity index (χ0v) is 13.9. The van der Waals surface area contributed by atoms with Crippen LogP contribution in [0.25, 0.3) is 0 Å². The van der Waals surface area contributed by atoms with E-state index in [9.17, 15) is 14.7 Å². The highest BCUT2D eigenvalue weighted by molar-refractivity contribution is 5.99. The number of hydrogen-bond donors (Lipinski definition) is 2. The van der Waals surface area contributed by atoms with Crippen LogP contribution in [0.4, 0.5) is 0 Å². The van der Waals surface area contributed by atoms with E-state index in [2.05, 4.69) is 5.32 Å². The van der Waals surface area contributed by atoms with Gasteiger partial charge in [0.2, 0.25) is 11.7 Å². The van der Waals surface area contributed by atoms with Crippen molar-refractivity contribution in [3.8, 4) is 17.2 Å². The maximum Gasteiger partial charge on any atom is 0.337 e. The third kappa shape index (κ3) is 2.36. The molecule has 1 amide bonds. The fourth-order valence-electron chi connectivity index (χ4n) is 3.18. The van der Waals surface area contributed by atoms with E-state index in [4.69, 9.17) is 14.2 Å². The number of carbonyl (C=O) groups excluding carboxylic acids is 2. The van der Waals surface area contributed by atoms with Gasteiger partial charge in [-0.3, -0.25) is 4.79 Å². The summed E-state index contributed by atoms with van der Waals surface area (Å²) in [6.07, 6.45) is 0.0983. The Hall–Kier alpha value is -2.70.